The predicted octanol–water partition coefficient (Wildman–Crippen LogP) is 1.76. The lowest BCUT2D eigenvalue weighted by atomic mass is 9.94. The van der Waals surface area contributed by atoms with E-state index < -0.39 is 12.2 Å². The molecule has 2 fully saturated rings. The summed E-state index contributed by atoms with van der Waals surface area (Å²) < 4.78 is 5.15. The van der Waals surface area contributed by atoms with Crippen molar-refractivity contribution in [3.8, 4) is 0 Å². The van der Waals surface area contributed by atoms with Gasteiger partial charge in [-0.25, -0.2) is 0 Å². The molecule has 0 saturated carbocycles. The molecule has 3 rings (SSSR count). The number of β-amino-alcohol motifs (C(OH)–C–C–N with tert-alkyl or cyclic N) is 2. The Labute approximate surface area is 210 Å². The molecule has 0 bridgehead atoms. The average molecular weight is 514 g/mol. The highest BCUT2D eigenvalue weighted by Gasteiger charge is 2.30. The Bertz CT molecular complexity index is 884. The van der Waals surface area contributed by atoms with Crippen molar-refractivity contribution < 1.29 is 24.5 Å². The lowest BCUT2D eigenvalue weighted by Gasteiger charge is -2.37. The molecule has 2 aliphatic heterocycles. The van der Waals surface area contributed by atoms with Gasteiger partial charge in [0.05, 0.1) is 28.9 Å². The first-order valence-corrected chi connectivity index (χ1v) is 12.3. The van der Waals surface area contributed by atoms with Crippen LogP contribution in [0.1, 0.15) is 18.4 Å². The lowest BCUT2D eigenvalue weighted by Crippen LogP contribution is -2.50. The highest BCUT2D eigenvalue weighted by molar-refractivity contribution is 6.42. The normalized spacial score (nSPS) is 23.4. The van der Waals surface area contributed by atoms with E-state index in [-0.39, 0.29) is 30.7 Å². The van der Waals surface area contributed by atoms with Gasteiger partial charge in [-0.15, -0.1) is 0 Å². The van der Waals surface area contributed by atoms with Crippen LogP contribution in [0, 0.1) is 5.92 Å². The van der Waals surface area contributed by atoms with Gasteiger partial charge in [0.2, 0.25) is 11.8 Å². The molecule has 1 aromatic carbocycles. The summed E-state index contributed by atoms with van der Waals surface area (Å²) in [6.07, 6.45) is 2.93. The van der Waals surface area contributed by atoms with Crippen molar-refractivity contribution in [1.29, 1.82) is 0 Å². The van der Waals surface area contributed by atoms with Crippen molar-refractivity contribution in [3.05, 3.63) is 39.9 Å². The predicted molar refractivity (Wildman–Crippen MR) is 132 cm³/mol. The second-order valence-electron chi connectivity index (χ2n) is 8.91. The van der Waals surface area contributed by atoms with Gasteiger partial charge in [-0.3, -0.25) is 14.5 Å². The Morgan fingerprint density at radius 1 is 1.21 bits per heavy atom. The molecule has 3 atom stereocenters. The van der Waals surface area contributed by atoms with Gasteiger partial charge in [-0.2, -0.15) is 0 Å². The molecule has 10 heteroatoms. The summed E-state index contributed by atoms with van der Waals surface area (Å²) in [6, 6.07) is 5.12. The maximum absolute atomic E-state index is 12.6. The Balaban J connectivity index is 1.47. The van der Waals surface area contributed by atoms with Crippen molar-refractivity contribution in [1.82, 2.24) is 14.7 Å². The lowest BCUT2D eigenvalue weighted by molar-refractivity contribution is -0.132. The van der Waals surface area contributed by atoms with E-state index in [1.807, 2.05) is 4.90 Å². The standard InChI is InChI=1S/C24H33Cl2N3O5/c1-34-16-18-6-8-27(15-22(18)31)13-19(30)14-29-11-10-28(9-7-24(29)33)23(32)5-3-17-2-4-20(25)21(26)12-17/h2-5,12,18-19,22,30-31H,6-11,13-16H2,1H3/t18-,19+,22-/m1/s1. The van der Waals surface area contributed by atoms with E-state index in [2.05, 4.69) is 0 Å². The van der Waals surface area contributed by atoms with Gasteiger partial charge in [-0.05, 0) is 36.7 Å². The number of benzene rings is 1. The van der Waals surface area contributed by atoms with E-state index in [4.69, 9.17) is 27.9 Å². The zero-order valence-electron chi connectivity index (χ0n) is 19.4. The van der Waals surface area contributed by atoms with Crippen molar-refractivity contribution in [2.24, 2.45) is 5.92 Å². The SMILES string of the molecule is COC[C@H]1CCN(C[C@H](O)CN2CCN(C(=O)C=Cc3ccc(Cl)c(Cl)c3)CCC2=O)C[C@H]1O. The molecule has 2 heterocycles. The fraction of sp³-hybridized carbons (Fsp3) is 0.583. The Morgan fingerprint density at radius 2 is 2.00 bits per heavy atom. The van der Waals surface area contributed by atoms with Crippen LogP contribution in [0.25, 0.3) is 6.08 Å². The molecule has 188 valence electrons. The van der Waals surface area contributed by atoms with Gasteiger partial charge < -0.3 is 24.7 Å². The quantitative estimate of drug-likeness (QED) is 0.514. The van der Waals surface area contributed by atoms with Crippen LogP contribution in [0.2, 0.25) is 10.0 Å². The first kappa shape index (κ1) is 26.9. The fourth-order valence-electron chi connectivity index (χ4n) is 4.40. The number of nitrogens with zero attached hydrogens (tertiary/aromatic N) is 3. The maximum Gasteiger partial charge on any atom is 0.246 e. The summed E-state index contributed by atoms with van der Waals surface area (Å²) in [5.41, 5.74) is 0.759. The van der Waals surface area contributed by atoms with Crippen molar-refractivity contribution in [2.75, 3.05) is 59.5 Å². The van der Waals surface area contributed by atoms with Crippen LogP contribution in [0.4, 0.5) is 0 Å². The molecule has 2 amide bonds. The molecule has 34 heavy (non-hydrogen) atoms. The van der Waals surface area contributed by atoms with E-state index in [0.717, 1.165) is 18.5 Å². The summed E-state index contributed by atoms with van der Waals surface area (Å²) in [4.78, 5) is 30.5. The molecule has 0 aromatic heterocycles. The number of piperidine rings is 1. The minimum absolute atomic E-state index is 0.0818. The van der Waals surface area contributed by atoms with Gasteiger partial charge in [0.1, 0.15) is 0 Å². The van der Waals surface area contributed by atoms with Crippen LogP contribution >= 0.6 is 23.2 Å². The molecular formula is C24H33Cl2N3O5. The molecule has 2 N–H and O–H groups in total. The summed E-state index contributed by atoms with van der Waals surface area (Å²) in [5.74, 6) is -0.157. The number of aliphatic hydroxyl groups excluding tert-OH is 2. The third kappa shape index (κ3) is 7.66. The van der Waals surface area contributed by atoms with Crippen LogP contribution in [0.5, 0.6) is 0 Å². The average Bonchev–Trinajstić information content (AvgIpc) is 2.98. The van der Waals surface area contributed by atoms with Crippen LogP contribution in [-0.4, -0.2) is 108 Å². The van der Waals surface area contributed by atoms with E-state index in [1.54, 1.807) is 41.2 Å². The highest BCUT2D eigenvalue weighted by Crippen LogP contribution is 2.23. The number of amides is 2. The maximum atomic E-state index is 12.6. The minimum atomic E-state index is -0.730. The zero-order valence-corrected chi connectivity index (χ0v) is 20.9. The first-order valence-electron chi connectivity index (χ1n) is 11.5. The number of carbonyl (C=O) groups excluding carboxylic acids is 2. The van der Waals surface area contributed by atoms with Gasteiger partial charge in [-0.1, -0.05) is 29.3 Å². The number of ether oxygens (including phenoxy) is 1. The molecule has 8 nitrogen and oxygen atoms in total. The number of aliphatic hydroxyl groups is 2. The van der Waals surface area contributed by atoms with Crippen LogP contribution < -0.4 is 0 Å². The Kier molecular flexibility index (Phi) is 10.2. The van der Waals surface area contributed by atoms with Gasteiger partial charge >= 0.3 is 0 Å². The van der Waals surface area contributed by atoms with Crippen LogP contribution in [0.15, 0.2) is 24.3 Å². The number of hydrogen-bond donors (Lipinski definition) is 2. The van der Waals surface area contributed by atoms with Crippen LogP contribution in [0.3, 0.4) is 0 Å². The topological polar surface area (TPSA) is 93.6 Å². The van der Waals surface area contributed by atoms with E-state index >= 15 is 0 Å². The monoisotopic (exact) mass is 513 g/mol. The van der Waals surface area contributed by atoms with Gasteiger partial charge in [0.25, 0.3) is 0 Å². The molecule has 2 saturated heterocycles. The van der Waals surface area contributed by atoms with E-state index in [1.165, 1.54) is 6.08 Å². The summed E-state index contributed by atoms with van der Waals surface area (Å²) in [6.45, 7) is 3.44. The highest BCUT2D eigenvalue weighted by atomic mass is 35.5. The summed E-state index contributed by atoms with van der Waals surface area (Å²) >= 11 is 11.9. The fourth-order valence-corrected chi connectivity index (χ4v) is 4.71. The zero-order chi connectivity index (χ0) is 24.7. The van der Waals surface area contributed by atoms with Crippen molar-refractivity contribution >= 4 is 41.1 Å². The number of rotatable bonds is 8. The summed E-state index contributed by atoms with van der Waals surface area (Å²) in [7, 11) is 1.63. The summed E-state index contributed by atoms with van der Waals surface area (Å²) in [5, 5.41) is 21.7. The van der Waals surface area contributed by atoms with Gasteiger partial charge in [0.15, 0.2) is 0 Å². The number of hydrogen-bond acceptors (Lipinski definition) is 6. The van der Waals surface area contributed by atoms with E-state index in [0.29, 0.717) is 49.4 Å². The molecule has 0 radical (unpaired) electrons. The number of halogens is 2. The second kappa shape index (κ2) is 12.9. The van der Waals surface area contributed by atoms with Crippen molar-refractivity contribution in [2.45, 2.75) is 25.0 Å². The molecule has 0 aliphatic carbocycles. The number of carbonyl (C=O) groups is 2. The minimum Gasteiger partial charge on any atom is -0.391 e. The third-order valence-corrected chi connectivity index (χ3v) is 7.09. The molecule has 0 unspecified atom stereocenters. The van der Waals surface area contributed by atoms with Gasteiger partial charge in [0, 0.05) is 64.8 Å². The van der Waals surface area contributed by atoms with Crippen LogP contribution in [-0.2, 0) is 14.3 Å². The van der Waals surface area contributed by atoms with E-state index in [9.17, 15) is 19.8 Å². The second-order valence-corrected chi connectivity index (χ2v) is 9.72. The smallest absolute Gasteiger partial charge is 0.246 e. The largest absolute Gasteiger partial charge is 0.391 e. The molecule has 2 aliphatic rings. The van der Waals surface area contributed by atoms with Crippen molar-refractivity contribution in [3.63, 3.8) is 0 Å². The molecule has 0 spiro atoms. The number of likely N-dealkylation sites (tertiary alicyclic amines) is 1. The molecular weight excluding hydrogens is 481 g/mol. The third-order valence-electron chi connectivity index (χ3n) is 6.35. The first-order chi connectivity index (χ1) is 16.3. The number of methoxy groups -OCH3 is 1. The molecule has 1 aromatic rings. The Morgan fingerprint density at radius 3 is 2.71 bits per heavy atom. The Hall–Kier alpha value is -1.68.